The maximum absolute atomic E-state index is 11.5. The highest BCUT2D eigenvalue weighted by molar-refractivity contribution is 6.34. The number of carbonyl (C=O) groups is 1. The number of ketones is 1. The van der Waals surface area contributed by atoms with E-state index in [9.17, 15) is 4.79 Å². The smallest absolute Gasteiger partial charge is 0.171 e. The minimum Gasteiger partial charge on any atom is -0.453 e. The van der Waals surface area contributed by atoms with E-state index >= 15 is 0 Å². The summed E-state index contributed by atoms with van der Waals surface area (Å²) in [5.41, 5.74) is 4.07. The van der Waals surface area contributed by atoms with Crippen LogP contribution >= 0.6 is 11.6 Å². The van der Waals surface area contributed by atoms with Crippen LogP contribution in [0.25, 0.3) is 22.4 Å². The molecule has 2 aromatic heterocycles. The van der Waals surface area contributed by atoms with Crippen LogP contribution in [0.2, 0.25) is 5.02 Å². The van der Waals surface area contributed by atoms with Gasteiger partial charge in [0.05, 0.1) is 5.02 Å². The lowest BCUT2D eigenvalue weighted by Crippen LogP contribution is -1.95. The predicted octanol–water partition coefficient (Wildman–Crippen LogP) is 4.91. The third-order valence-electron chi connectivity index (χ3n) is 3.52. The summed E-state index contributed by atoms with van der Waals surface area (Å²) >= 11 is 6.12. The third kappa shape index (κ3) is 2.45. The Morgan fingerprint density at radius 1 is 1.29 bits per heavy atom. The molecule has 0 spiro atoms. The molecule has 0 amide bonds. The van der Waals surface area contributed by atoms with Gasteiger partial charge in [0.25, 0.3) is 0 Å². The number of furan rings is 1. The summed E-state index contributed by atoms with van der Waals surface area (Å²) in [6.07, 6.45) is 2.47. The lowest BCUT2D eigenvalue weighted by molar-refractivity contribution is 0.101. The molecule has 0 aliphatic carbocycles. The predicted molar refractivity (Wildman–Crippen MR) is 83.8 cm³/mol. The van der Waals surface area contributed by atoms with Crippen LogP contribution in [0.5, 0.6) is 0 Å². The number of halogens is 1. The van der Waals surface area contributed by atoms with Crippen molar-refractivity contribution in [3.8, 4) is 11.3 Å². The minimum atomic E-state index is 0.0607. The van der Waals surface area contributed by atoms with E-state index in [1.165, 1.54) is 0 Å². The maximum Gasteiger partial charge on any atom is 0.171 e. The molecule has 21 heavy (non-hydrogen) atoms. The van der Waals surface area contributed by atoms with E-state index in [1.807, 2.05) is 24.3 Å². The number of rotatable bonds is 3. The quantitative estimate of drug-likeness (QED) is 0.645. The molecule has 0 unspecified atom stereocenters. The second kappa shape index (κ2) is 5.34. The van der Waals surface area contributed by atoms with Gasteiger partial charge in [0.15, 0.2) is 11.4 Å². The summed E-state index contributed by atoms with van der Waals surface area (Å²) in [7, 11) is 0. The summed E-state index contributed by atoms with van der Waals surface area (Å²) in [5.74, 6) is 0.781. The molecule has 106 valence electrons. The van der Waals surface area contributed by atoms with Crippen LogP contribution in [0.15, 0.2) is 40.9 Å². The largest absolute Gasteiger partial charge is 0.453 e. The molecular formula is C17H14ClNO2. The molecule has 0 N–H and O–H groups in total. The van der Waals surface area contributed by atoms with Gasteiger partial charge in [-0.3, -0.25) is 9.78 Å². The molecule has 3 nitrogen and oxygen atoms in total. The lowest BCUT2D eigenvalue weighted by atomic mass is 9.99. The summed E-state index contributed by atoms with van der Waals surface area (Å²) < 4.78 is 5.85. The Labute approximate surface area is 127 Å². The van der Waals surface area contributed by atoms with Crippen molar-refractivity contribution in [3.63, 3.8) is 0 Å². The Morgan fingerprint density at radius 2 is 2.10 bits per heavy atom. The van der Waals surface area contributed by atoms with E-state index < -0.39 is 0 Å². The molecule has 3 rings (SSSR count). The molecule has 0 aliphatic rings. The van der Waals surface area contributed by atoms with Crippen molar-refractivity contribution in [3.05, 3.63) is 52.7 Å². The SMILES string of the molecule is CCc1cc(C(C)=O)ccc1-c1cc2nccc(Cl)c2o1. The molecule has 3 aromatic rings. The van der Waals surface area contributed by atoms with Crippen molar-refractivity contribution in [2.45, 2.75) is 20.3 Å². The zero-order chi connectivity index (χ0) is 15.0. The van der Waals surface area contributed by atoms with Crippen LogP contribution in [-0.2, 0) is 6.42 Å². The van der Waals surface area contributed by atoms with Crippen LogP contribution < -0.4 is 0 Å². The highest BCUT2D eigenvalue weighted by Gasteiger charge is 2.13. The van der Waals surface area contributed by atoms with E-state index in [0.29, 0.717) is 16.2 Å². The summed E-state index contributed by atoms with van der Waals surface area (Å²) in [5, 5.41) is 0.546. The second-order valence-electron chi connectivity index (χ2n) is 4.90. The average Bonchev–Trinajstić information content (AvgIpc) is 2.91. The monoisotopic (exact) mass is 299 g/mol. The highest BCUT2D eigenvalue weighted by Crippen LogP contribution is 2.33. The molecule has 2 heterocycles. The van der Waals surface area contributed by atoms with Crippen molar-refractivity contribution < 1.29 is 9.21 Å². The number of aryl methyl sites for hydroxylation is 1. The fourth-order valence-corrected chi connectivity index (χ4v) is 2.58. The van der Waals surface area contributed by atoms with Crippen LogP contribution in [0.1, 0.15) is 29.8 Å². The Bertz CT molecular complexity index is 836. The first-order valence-electron chi connectivity index (χ1n) is 6.78. The number of aromatic nitrogens is 1. The number of hydrogen-bond donors (Lipinski definition) is 0. The van der Waals surface area contributed by atoms with Gasteiger partial charge in [0.1, 0.15) is 11.3 Å². The average molecular weight is 300 g/mol. The Morgan fingerprint density at radius 3 is 2.76 bits per heavy atom. The zero-order valence-electron chi connectivity index (χ0n) is 11.8. The third-order valence-corrected chi connectivity index (χ3v) is 3.82. The molecule has 0 fully saturated rings. The second-order valence-corrected chi connectivity index (χ2v) is 5.31. The molecule has 0 aliphatic heterocycles. The zero-order valence-corrected chi connectivity index (χ0v) is 12.6. The molecule has 1 aromatic carbocycles. The first-order chi connectivity index (χ1) is 10.1. The first-order valence-corrected chi connectivity index (χ1v) is 7.16. The van der Waals surface area contributed by atoms with Gasteiger partial charge in [0, 0.05) is 23.4 Å². The summed E-state index contributed by atoms with van der Waals surface area (Å²) in [6, 6.07) is 9.24. The summed E-state index contributed by atoms with van der Waals surface area (Å²) in [4.78, 5) is 15.8. The van der Waals surface area contributed by atoms with Gasteiger partial charge >= 0.3 is 0 Å². The number of Topliss-reactive ketones (excluding diaryl/α,β-unsaturated/α-hetero) is 1. The van der Waals surface area contributed by atoms with Gasteiger partial charge in [-0.2, -0.15) is 0 Å². The number of nitrogens with zero attached hydrogens (tertiary/aromatic N) is 1. The van der Waals surface area contributed by atoms with Gasteiger partial charge in [-0.15, -0.1) is 0 Å². The van der Waals surface area contributed by atoms with Crippen LogP contribution in [0.3, 0.4) is 0 Å². The number of carbonyl (C=O) groups excluding carboxylic acids is 1. The Hall–Kier alpha value is -2.13. The Kier molecular flexibility index (Phi) is 3.52. The van der Waals surface area contributed by atoms with Gasteiger partial charge in [-0.05, 0) is 31.0 Å². The highest BCUT2D eigenvalue weighted by atomic mass is 35.5. The minimum absolute atomic E-state index is 0.0607. The van der Waals surface area contributed by atoms with E-state index in [2.05, 4.69) is 11.9 Å². The molecular weight excluding hydrogens is 286 g/mol. The van der Waals surface area contributed by atoms with E-state index in [4.69, 9.17) is 16.0 Å². The van der Waals surface area contributed by atoms with E-state index in [-0.39, 0.29) is 5.78 Å². The van der Waals surface area contributed by atoms with Gasteiger partial charge in [0.2, 0.25) is 0 Å². The molecule has 0 atom stereocenters. The fourth-order valence-electron chi connectivity index (χ4n) is 2.39. The normalized spacial score (nSPS) is 11.0. The number of fused-ring (bicyclic) bond motifs is 1. The van der Waals surface area contributed by atoms with Gasteiger partial charge in [-0.1, -0.05) is 30.7 Å². The molecule has 0 radical (unpaired) electrons. The van der Waals surface area contributed by atoms with Crippen molar-refractivity contribution >= 4 is 28.5 Å². The topological polar surface area (TPSA) is 43.1 Å². The van der Waals surface area contributed by atoms with Gasteiger partial charge in [-0.25, -0.2) is 0 Å². The number of benzene rings is 1. The first kappa shape index (κ1) is 13.8. The molecule has 0 saturated heterocycles. The van der Waals surface area contributed by atoms with Crippen LogP contribution in [0.4, 0.5) is 0 Å². The number of hydrogen-bond acceptors (Lipinski definition) is 3. The lowest BCUT2D eigenvalue weighted by Gasteiger charge is -2.06. The van der Waals surface area contributed by atoms with Crippen molar-refractivity contribution in [2.75, 3.05) is 0 Å². The molecule has 0 bridgehead atoms. The van der Waals surface area contributed by atoms with E-state index in [1.54, 1.807) is 19.2 Å². The maximum atomic E-state index is 11.5. The molecule has 4 heteroatoms. The van der Waals surface area contributed by atoms with Crippen molar-refractivity contribution in [2.24, 2.45) is 0 Å². The number of pyridine rings is 1. The van der Waals surface area contributed by atoms with Crippen LogP contribution in [-0.4, -0.2) is 10.8 Å². The van der Waals surface area contributed by atoms with Gasteiger partial charge < -0.3 is 4.42 Å². The van der Waals surface area contributed by atoms with Crippen molar-refractivity contribution in [1.82, 2.24) is 4.98 Å². The standard InChI is InChI=1S/C17H14ClNO2/c1-3-11-8-12(10(2)20)4-5-13(11)16-9-15-17(21-16)14(18)6-7-19-15/h4-9H,3H2,1-2H3. The van der Waals surface area contributed by atoms with Crippen LogP contribution in [0, 0.1) is 0 Å². The van der Waals surface area contributed by atoms with Crippen molar-refractivity contribution in [1.29, 1.82) is 0 Å². The molecule has 0 saturated carbocycles. The Balaban J connectivity index is 2.18. The fraction of sp³-hybridized carbons (Fsp3) is 0.176. The van der Waals surface area contributed by atoms with E-state index in [0.717, 1.165) is 28.8 Å². The summed E-state index contributed by atoms with van der Waals surface area (Å²) in [6.45, 7) is 3.62.